The number of fused-ring (bicyclic) bond motifs is 1. The number of aromatic amines is 1. The highest BCUT2D eigenvalue weighted by molar-refractivity contribution is 7.87. The van der Waals surface area contributed by atoms with Crippen molar-refractivity contribution in [3.63, 3.8) is 0 Å². The highest BCUT2D eigenvalue weighted by atomic mass is 32.2. The van der Waals surface area contributed by atoms with Crippen LogP contribution in [0.3, 0.4) is 0 Å². The topological polar surface area (TPSA) is 68.4 Å². The number of aromatic nitrogens is 1. The van der Waals surface area contributed by atoms with E-state index in [1.807, 2.05) is 6.07 Å². The molecule has 2 heterocycles. The lowest BCUT2D eigenvalue weighted by Gasteiger charge is -2.34. The van der Waals surface area contributed by atoms with Gasteiger partial charge in [0, 0.05) is 55.9 Å². The van der Waals surface area contributed by atoms with Gasteiger partial charge in [-0.1, -0.05) is 31.0 Å². The van der Waals surface area contributed by atoms with Gasteiger partial charge in [0.1, 0.15) is 0 Å². The van der Waals surface area contributed by atoms with E-state index in [4.69, 9.17) is 0 Å². The normalized spacial score (nSPS) is 20.9. The van der Waals surface area contributed by atoms with Gasteiger partial charge in [0.25, 0.3) is 10.2 Å². The first kappa shape index (κ1) is 18.0. The molecule has 4 rings (SSSR count). The Morgan fingerprint density at radius 1 is 1.08 bits per heavy atom. The van der Waals surface area contributed by atoms with Crippen molar-refractivity contribution in [1.29, 1.82) is 0 Å². The quantitative estimate of drug-likeness (QED) is 0.811. The van der Waals surface area contributed by atoms with E-state index in [0.29, 0.717) is 13.1 Å². The Labute approximate surface area is 155 Å². The van der Waals surface area contributed by atoms with E-state index in [-0.39, 0.29) is 6.04 Å². The molecule has 142 valence electrons. The summed E-state index contributed by atoms with van der Waals surface area (Å²) in [6.07, 6.45) is 7.30. The number of hydrogen-bond donors (Lipinski definition) is 2. The van der Waals surface area contributed by atoms with Crippen LogP contribution in [0.1, 0.15) is 31.2 Å². The minimum atomic E-state index is -3.33. The van der Waals surface area contributed by atoms with Crippen LogP contribution < -0.4 is 4.72 Å². The lowest BCUT2D eigenvalue weighted by Crippen LogP contribution is -2.53. The molecule has 1 aliphatic heterocycles. The van der Waals surface area contributed by atoms with Gasteiger partial charge < -0.3 is 9.88 Å². The Bertz CT molecular complexity index is 834. The molecule has 1 aromatic heterocycles. The molecule has 0 unspecified atom stereocenters. The molecule has 0 amide bonds. The fourth-order valence-electron chi connectivity index (χ4n) is 4.14. The monoisotopic (exact) mass is 376 g/mol. The molecule has 1 aromatic carbocycles. The van der Waals surface area contributed by atoms with Crippen LogP contribution >= 0.6 is 0 Å². The van der Waals surface area contributed by atoms with Crippen molar-refractivity contribution in [1.82, 2.24) is 18.9 Å². The second-order valence-corrected chi connectivity index (χ2v) is 9.16. The van der Waals surface area contributed by atoms with Crippen LogP contribution in [0.25, 0.3) is 10.9 Å². The molecule has 0 bridgehead atoms. The highest BCUT2D eigenvalue weighted by Crippen LogP contribution is 2.20. The summed E-state index contributed by atoms with van der Waals surface area (Å²) in [6, 6.07) is 8.50. The average Bonchev–Trinajstić information content (AvgIpc) is 3.30. The van der Waals surface area contributed by atoms with Crippen molar-refractivity contribution in [3.8, 4) is 0 Å². The lowest BCUT2D eigenvalue weighted by atomic mass is 10.1. The third-order valence-corrected chi connectivity index (χ3v) is 7.39. The fraction of sp³-hybridized carbons (Fsp3) is 0.579. The Morgan fingerprint density at radius 3 is 2.58 bits per heavy atom. The van der Waals surface area contributed by atoms with Crippen molar-refractivity contribution in [3.05, 3.63) is 36.0 Å². The maximum absolute atomic E-state index is 12.5. The van der Waals surface area contributed by atoms with Crippen LogP contribution in [0.4, 0.5) is 0 Å². The molecule has 1 saturated heterocycles. The van der Waals surface area contributed by atoms with Gasteiger partial charge in [-0.15, -0.1) is 0 Å². The van der Waals surface area contributed by atoms with Gasteiger partial charge in [0.15, 0.2) is 0 Å². The third kappa shape index (κ3) is 3.96. The Morgan fingerprint density at radius 2 is 1.81 bits per heavy atom. The third-order valence-electron chi connectivity index (χ3n) is 5.71. The maximum atomic E-state index is 12.5. The maximum Gasteiger partial charge on any atom is 0.279 e. The molecular weight excluding hydrogens is 348 g/mol. The van der Waals surface area contributed by atoms with Gasteiger partial charge in [-0.3, -0.25) is 0 Å². The molecule has 2 N–H and O–H groups in total. The lowest BCUT2D eigenvalue weighted by molar-refractivity contribution is 0.188. The van der Waals surface area contributed by atoms with Crippen molar-refractivity contribution >= 4 is 21.1 Å². The standard InChI is InChI=1S/C19H28N4O2S/c24-26(25,21-17-5-1-2-6-17)23-13-11-22(12-14-23)10-9-16-15-20-19-8-4-3-7-18(16)19/h3-4,7-8,15,17,20-21H,1-2,5-6,9-14H2. The largest absolute Gasteiger partial charge is 0.361 e. The van der Waals surface area contributed by atoms with Crippen molar-refractivity contribution in [2.24, 2.45) is 0 Å². The molecule has 2 fully saturated rings. The predicted molar refractivity (Wildman–Crippen MR) is 104 cm³/mol. The Balaban J connectivity index is 1.28. The molecule has 0 atom stereocenters. The van der Waals surface area contributed by atoms with Gasteiger partial charge in [0.2, 0.25) is 0 Å². The summed E-state index contributed by atoms with van der Waals surface area (Å²) in [7, 11) is -3.33. The zero-order chi connectivity index (χ0) is 18.0. The number of benzene rings is 1. The van der Waals surface area contributed by atoms with E-state index < -0.39 is 10.2 Å². The van der Waals surface area contributed by atoms with Gasteiger partial charge >= 0.3 is 0 Å². The van der Waals surface area contributed by atoms with Gasteiger partial charge in [-0.2, -0.15) is 17.4 Å². The van der Waals surface area contributed by atoms with Crippen LogP contribution in [0.5, 0.6) is 0 Å². The fourth-order valence-corrected chi connectivity index (χ4v) is 5.59. The minimum Gasteiger partial charge on any atom is -0.361 e. The molecule has 6 nitrogen and oxygen atoms in total. The number of hydrogen-bond acceptors (Lipinski definition) is 3. The molecule has 0 radical (unpaired) electrons. The SMILES string of the molecule is O=S(=O)(NC1CCCC1)N1CCN(CCc2c[nH]c3ccccc23)CC1. The van der Waals surface area contributed by atoms with Crippen LogP contribution in [0.2, 0.25) is 0 Å². The van der Waals surface area contributed by atoms with E-state index in [1.165, 1.54) is 16.5 Å². The van der Waals surface area contributed by atoms with Crippen LogP contribution in [-0.2, 0) is 16.6 Å². The molecule has 7 heteroatoms. The summed E-state index contributed by atoms with van der Waals surface area (Å²) in [5.41, 5.74) is 2.51. The zero-order valence-corrected chi connectivity index (χ0v) is 16.0. The summed E-state index contributed by atoms with van der Waals surface area (Å²) in [5.74, 6) is 0. The summed E-state index contributed by atoms with van der Waals surface area (Å²) >= 11 is 0. The van der Waals surface area contributed by atoms with E-state index in [9.17, 15) is 8.42 Å². The van der Waals surface area contributed by atoms with E-state index in [1.54, 1.807) is 4.31 Å². The van der Waals surface area contributed by atoms with Crippen LogP contribution in [0.15, 0.2) is 30.5 Å². The van der Waals surface area contributed by atoms with Crippen molar-refractivity contribution in [2.75, 3.05) is 32.7 Å². The molecular formula is C19H28N4O2S. The van der Waals surface area contributed by atoms with Crippen molar-refractivity contribution < 1.29 is 8.42 Å². The summed E-state index contributed by atoms with van der Waals surface area (Å²) in [5, 5.41) is 1.29. The molecule has 0 spiro atoms. The average molecular weight is 377 g/mol. The van der Waals surface area contributed by atoms with E-state index in [2.05, 4.69) is 39.0 Å². The van der Waals surface area contributed by atoms with Gasteiger partial charge in [-0.25, -0.2) is 0 Å². The zero-order valence-electron chi connectivity index (χ0n) is 15.2. The second kappa shape index (κ2) is 7.68. The number of piperazine rings is 1. The van der Waals surface area contributed by atoms with Crippen molar-refractivity contribution in [2.45, 2.75) is 38.1 Å². The molecule has 26 heavy (non-hydrogen) atoms. The number of rotatable bonds is 6. The Kier molecular flexibility index (Phi) is 5.31. The second-order valence-electron chi connectivity index (χ2n) is 7.45. The van der Waals surface area contributed by atoms with E-state index in [0.717, 1.165) is 51.7 Å². The Hall–Kier alpha value is -1.41. The minimum absolute atomic E-state index is 0.139. The molecule has 2 aliphatic rings. The molecule has 1 aliphatic carbocycles. The smallest absolute Gasteiger partial charge is 0.279 e. The van der Waals surface area contributed by atoms with Gasteiger partial charge in [0.05, 0.1) is 0 Å². The summed E-state index contributed by atoms with van der Waals surface area (Å²) in [6.45, 7) is 3.72. The van der Waals surface area contributed by atoms with E-state index >= 15 is 0 Å². The number of H-pyrrole nitrogens is 1. The summed E-state index contributed by atoms with van der Waals surface area (Å²) < 4.78 is 29.6. The number of nitrogens with one attached hydrogen (secondary N) is 2. The first-order chi connectivity index (χ1) is 12.6. The summed E-state index contributed by atoms with van der Waals surface area (Å²) in [4.78, 5) is 5.69. The molecule has 2 aromatic rings. The first-order valence-corrected chi connectivity index (χ1v) is 11.1. The molecule has 1 saturated carbocycles. The first-order valence-electron chi connectivity index (χ1n) is 9.66. The van der Waals surface area contributed by atoms with Crippen LogP contribution in [0, 0.1) is 0 Å². The number of para-hydroxylation sites is 1. The number of nitrogens with zero attached hydrogens (tertiary/aromatic N) is 2. The predicted octanol–water partition coefficient (Wildman–Crippen LogP) is 2.10. The van der Waals surface area contributed by atoms with Crippen LogP contribution in [-0.4, -0.2) is 61.4 Å². The van der Waals surface area contributed by atoms with Gasteiger partial charge in [-0.05, 0) is 30.9 Å². The highest BCUT2D eigenvalue weighted by Gasteiger charge is 2.29.